The molecule has 0 heterocycles. The molecule has 0 aromatic heterocycles. The van der Waals surface area contributed by atoms with Gasteiger partial charge in [0.25, 0.3) is 0 Å². The van der Waals surface area contributed by atoms with Crippen LogP contribution in [0.3, 0.4) is 0 Å². The fraction of sp³-hybridized carbons (Fsp3) is 0.630. The molecule has 0 aliphatic carbocycles. The number of hydrogen-bond donors (Lipinski definition) is 1. The molecule has 0 saturated heterocycles. The van der Waals surface area contributed by atoms with Gasteiger partial charge in [0.2, 0.25) is 0 Å². The van der Waals surface area contributed by atoms with Crippen LogP contribution in [0.5, 0.6) is 0 Å². The Kier molecular flexibility index (Phi) is 34.1. The molecule has 8 nitrogen and oxygen atoms in total. The first kappa shape index (κ1) is 50.5. The molecule has 54 heavy (non-hydrogen) atoms. The van der Waals surface area contributed by atoms with Gasteiger partial charge >= 0.3 is 17.9 Å². The van der Waals surface area contributed by atoms with Crippen LogP contribution in [0.15, 0.2) is 85.1 Å². The molecule has 0 aliphatic rings. The normalized spacial score (nSPS) is 13.9. The minimum absolute atomic E-state index is 0.0136. The molecule has 306 valence electrons. The number of hydrogen-bond acceptors (Lipinski definition) is 6. The topological polar surface area (TPSA) is 99.1 Å². The van der Waals surface area contributed by atoms with Crippen molar-refractivity contribution in [1.29, 1.82) is 0 Å². The van der Waals surface area contributed by atoms with Gasteiger partial charge in [-0.05, 0) is 70.6 Å². The highest BCUT2D eigenvalue weighted by atomic mass is 16.6. The maximum atomic E-state index is 12.6. The number of carbonyl (C=O) groups is 3. The van der Waals surface area contributed by atoms with E-state index in [1.165, 1.54) is 25.7 Å². The summed E-state index contributed by atoms with van der Waals surface area (Å²) in [5.74, 6) is -1.66. The first-order valence-corrected chi connectivity index (χ1v) is 20.6. The zero-order valence-corrected chi connectivity index (χ0v) is 34.6. The monoisotopic (exact) mass is 755 g/mol. The third-order valence-corrected chi connectivity index (χ3v) is 8.56. The lowest BCUT2D eigenvalue weighted by molar-refractivity contribution is -0.887. The lowest BCUT2D eigenvalue weighted by atomic mass is 10.1. The highest BCUT2D eigenvalue weighted by Crippen LogP contribution is 2.11. The molecule has 2 unspecified atom stereocenters. The number of allylic oxidation sites excluding steroid dienone is 13. The number of esters is 2. The van der Waals surface area contributed by atoms with Crippen LogP contribution in [-0.2, 0) is 28.6 Å². The van der Waals surface area contributed by atoms with Gasteiger partial charge in [0.1, 0.15) is 6.61 Å². The van der Waals surface area contributed by atoms with E-state index in [9.17, 15) is 19.5 Å². The zero-order valence-electron chi connectivity index (χ0n) is 34.6. The SMILES string of the molecule is CC/C=C/C/C=C/C/C=C/CC(=O)OC(COCCC(C(=O)O)[N+](C)(C)C)COC(=O)CCCCCCC/C=C/C/C=C/C/C=C/C/C=C/CCCCC. The molecule has 0 radical (unpaired) electrons. The van der Waals surface area contributed by atoms with Crippen molar-refractivity contribution in [1.82, 2.24) is 0 Å². The minimum Gasteiger partial charge on any atom is -0.477 e. The van der Waals surface area contributed by atoms with Gasteiger partial charge < -0.3 is 23.8 Å². The van der Waals surface area contributed by atoms with E-state index in [1.807, 2.05) is 33.3 Å². The smallest absolute Gasteiger partial charge is 0.362 e. The summed E-state index contributed by atoms with van der Waals surface area (Å²) in [6.45, 7) is 4.42. The maximum Gasteiger partial charge on any atom is 0.362 e. The molecule has 0 saturated carbocycles. The molecule has 0 amide bonds. The summed E-state index contributed by atoms with van der Waals surface area (Å²) in [7, 11) is 5.47. The number of aliphatic carboxylic acids is 1. The van der Waals surface area contributed by atoms with Gasteiger partial charge in [-0.2, -0.15) is 0 Å². The van der Waals surface area contributed by atoms with Crippen LogP contribution in [0.2, 0.25) is 0 Å². The number of nitrogens with zero attached hydrogens (tertiary/aromatic N) is 1. The van der Waals surface area contributed by atoms with Crippen molar-refractivity contribution in [2.45, 2.75) is 148 Å². The lowest BCUT2D eigenvalue weighted by Gasteiger charge is -2.31. The fourth-order valence-corrected chi connectivity index (χ4v) is 5.37. The zero-order chi connectivity index (χ0) is 40.0. The molecular weight excluding hydrogens is 679 g/mol. The first-order chi connectivity index (χ1) is 26.1. The van der Waals surface area contributed by atoms with Gasteiger partial charge in [-0.25, -0.2) is 4.79 Å². The van der Waals surface area contributed by atoms with E-state index in [1.54, 1.807) is 6.08 Å². The van der Waals surface area contributed by atoms with Crippen molar-refractivity contribution in [2.24, 2.45) is 0 Å². The van der Waals surface area contributed by atoms with Gasteiger partial charge in [0.05, 0.1) is 40.8 Å². The summed E-state index contributed by atoms with van der Waals surface area (Å²) in [5.41, 5.74) is 0. The summed E-state index contributed by atoms with van der Waals surface area (Å²) in [4.78, 5) is 36.7. The minimum atomic E-state index is -0.895. The third-order valence-electron chi connectivity index (χ3n) is 8.56. The number of rotatable bonds is 35. The van der Waals surface area contributed by atoms with Crippen LogP contribution in [0.4, 0.5) is 0 Å². The Morgan fingerprint density at radius 2 is 1.09 bits per heavy atom. The van der Waals surface area contributed by atoms with Crippen LogP contribution >= 0.6 is 0 Å². The van der Waals surface area contributed by atoms with Crippen molar-refractivity contribution < 1.29 is 38.2 Å². The van der Waals surface area contributed by atoms with Crippen molar-refractivity contribution in [2.75, 3.05) is 41.0 Å². The van der Waals surface area contributed by atoms with Crippen LogP contribution in [0.1, 0.15) is 136 Å². The Bertz CT molecular complexity index is 1160. The molecular formula is C46H76NO7+. The van der Waals surface area contributed by atoms with E-state index in [-0.39, 0.29) is 36.7 Å². The van der Waals surface area contributed by atoms with Crippen molar-refractivity contribution in [3.8, 4) is 0 Å². The quantitative estimate of drug-likeness (QED) is 0.0298. The van der Waals surface area contributed by atoms with Crippen LogP contribution in [0.25, 0.3) is 0 Å². The van der Waals surface area contributed by atoms with Gasteiger partial charge in [-0.3, -0.25) is 9.59 Å². The number of carboxylic acids is 1. The Morgan fingerprint density at radius 3 is 1.63 bits per heavy atom. The highest BCUT2D eigenvalue weighted by Gasteiger charge is 2.31. The molecule has 0 aromatic carbocycles. The van der Waals surface area contributed by atoms with Crippen molar-refractivity contribution in [3.63, 3.8) is 0 Å². The van der Waals surface area contributed by atoms with E-state index in [0.717, 1.165) is 77.0 Å². The second-order valence-corrected chi connectivity index (χ2v) is 14.5. The number of carbonyl (C=O) groups excluding carboxylic acids is 2. The molecule has 0 spiro atoms. The van der Waals surface area contributed by atoms with E-state index in [4.69, 9.17) is 14.2 Å². The van der Waals surface area contributed by atoms with Crippen molar-refractivity contribution in [3.05, 3.63) is 85.1 Å². The number of unbranched alkanes of at least 4 members (excludes halogenated alkanes) is 8. The van der Waals surface area contributed by atoms with Crippen LogP contribution in [0, 0.1) is 0 Å². The maximum absolute atomic E-state index is 12.6. The standard InChI is InChI=1S/C46H75NO7/c1-6-8-10-12-14-16-17-18-19-20-21-22-23-24-25-26-27-29-30-32-34-36-44(48)53-41-42(40-52-39-38-43(46(50)51)47(3,4)5)54-45(49)37-35-33-31-28-15-13-11-9-7-2/h9,11,14-16,18-19,21-22,24-25,28,33,35,42-43H,6-8,10,12-13,17,20,23,26-27,29-32,34,36-41H2,1-5H3/p+1/b11-9+,16-14+,19-18+,22-21+,25-24+,28-15+,35-33+. The summed E-state index contributed by atoms with van der Waals surface area (Å²) in [5, 5.41) is 9.58. The summed E-state index contributed by atoms with van der Waals surface area (Å²) in [6.07, 6.45) is 46.7. The van der Waals surface area contributed by atoms with Gasteiger partial charge in [0.15, 0.2) is 12.1 Å². The molecule has 0 aliphatic heterocycles. The number of quaternary nitrogens is 1. The van der Waals surface area contributed by atoms with E-state index >= 15 is 0 Å². The second kappa shape index (κ2) is 36.5. The van der Waals surface area contributed by atoms with Crippen LogP contribution < -0.4 is 0 Å². The predicted molar refractivity (Wildman–Crippen MR) is 224 cm³/mol. The molecule has 0 bridgehead atoms. The molecule has 0 fully saturated rings. The Hall–Kier alpha value is -3.49. The van der Waals surface area contributed by atoms with Gasteiger partial charge in [-0.1, -0.05) is 131 Å². The molecule has 1 N–H and O–H groups in total. The largest absolute Gasteiger partial charge is 0.477 e. The van der Waals surface area contributed by atoms with Crippen LogP contribution in [-0.4, -0.2) is 80.6 Å². The summed E-state index contributed by atoms with van der Waals surface area (Å²) >= 11 is 0. The van der Waals surface area contributed by atoms with Gasteiger partial charge in [-0.15, -0.1) is 0 Å². The molecule has 2 atom stereocenters. The van der Waals surface area contributed by atoms with E-state index in [0.29, 0.717) is 12.8 Å². The lowest BCUT2D eigenvalue weighted by Crippen LogP contribution is -2.50. The third kappa shape index (κ3) is 34.3. The first-order valence-electron chi connectivity index (χ1n) is 20.6. The second-order valence-electron chi connectivity index (χ2n) is 14.5. The Balaban J connectivity index is 4.39. The predicted octanol–water partition coefficient (Wildman–Crippen LogP) is 11.0. The van der Waals surface area contributed by atoms with E-state index < -0.39 is 24.1 Å². The number of ether oxygens (including phenoxy) is 3. The Morgan fingerprint density at radius 1 is 0.593 bits per heavy atom. The number of carboxylic acid groups (broad SMARTS) is 1. The van der Waals surface area contributed by atoms with Gasteiger partial charge in [0, 0.05) is 12.8 Å². The molecule has 0 rings (SSSR count). The average Bonchev–Trinajstić information content (AvgIpc) is 3.12. The average molecular weight is 755 g/mol. The molecule has 0 aromatic rings. The highest BCUT2D eigenvalue weighted by molar-refractivity contribution is 5.72. The van der Waals surface area contributed by atoms with E-state index in [2.05, 4.69) is 80.7 Å². The summed E-state index contributed by atoms with van der Waals surface area (Å²) < 4.78 is 17.0. The number of likely N-dealkylation sites (N-methyl/N-ethyl adjacent to an activating group) is 1. The Labute approximate surface area is 329 Å². The summed E-state index contributed by atoms with van der Waals surface area (Å²) in [6, 6.07) is -0.634. The van der Waals surface area contributed by atoms with Crippen molar-refractivity contribution >= 4 is 17.9 Å². The fourth-order valence-electron chi connectivity index (χ4n) is 5.37. The molecule has 8 heteroatoms.